The van der Waals surface area contributed by atoms with Crippen molar-refractivity contribution in [1.82, 2.24) is 15.1 Å². The highest BCUT2D eigenvalue weighted by molar-refractivity contribution is 6.30. The summed E-state index contributed by atoms with van der Waals surface area (Å²) in [6, 6.07) is 20.9. The van der Waals surface area contributed by atoms with Crippen LogP contribution in [-0.4, -0.2) is 46.9 Å². The Bertz CT molecular complexity index is 1250. The van der Waals surface area contributed by atoms with Crippen LogP contribution in [0.25, 0.3) is 0 Å². The zero-order valence-corrected chi connectivity index (χ0v) is 20.7. The van der Waals surface area contributed by atoms with Crippen molar-refractivity contribution in [2.75, 3.05) is 18.4 Å². The highest BCUT2D eigenvalue weighted by Crippen LogP contribution is 2.21. The Labute approximate surface area is 215 Å². The molecule has 36 heavy (non-hydrogen) atoms. The number of urea groups is 1. The Balaban J connectivity index is 1.55. The lowest BCUT2D eigenvalue weighted by Gasteiger charge is -2.29. The van der Waals surface area contributed by atoms with Crippen LogP contribution in [-0.2, 0) is 17.9 Å². The summed E-state index contributed by atoms with van der Waals surface area (Å²) in [5.41, 5.74) is 9.55. The first-order valence-electron chi connectivity index (χ1n) is 11.6. The summed E-state index contributed by atoms with van der Waals surface area (Å²) in [7, 11) is 0. The van der Waals surface area contributed by atoms with Crippen molar-refractivity contribution < 1.29 is 14.4 Å². The van der Waals surface area contributed by atoms with Crippen LogP contribution in [0.4, 0.5) is 10.5 Å². The second-order valence-corrected chi connectivity index (χ2v) is 9.05. The molecule has 186 valence electrons. The maximum Gasteiger partial charge on any atom is 0.323 e. The number of hydrogen-bond acceptors (Lipinski definition) is 4. The van der Waals surface area contributed by atoms with E-state index in [1.807, 2.05) is 43.3 Å². The van der Waals surface area contributed by atoms with E-state index in [1.54, 1.807) is 36.4 Å². The minimum atomic E-state index is -1.11. The van der Waals surface area contributed by atoms with Gasteiger partial charge in [0.25, 0.3) is 11.8 Å². The van der Waals surface area contributed by atoms with Crippen molar-refractivity contribution >= 4 is 35.1 Å². The molecule has 4 amide bonds. The summed E-state index contributed by atoms with van der Waals surface area (Å²) in [4.78, 5) is 42.7. The van der Waals surface area contributed by atoms with Crippen molar-refractivity contribution in [1.29, 1.82) is 0 Å². The third-order valence-corrected chi connectivity index (χ3v) is 6.27. The molecule has 1 atom stereocenters. The average molecular weight is 506 g/mol. The Morgan fingerprint density at radius 1 is 0.944 bits per heavy atom. The number of anilines is 1. The molecule has 0 saturated carbocycles. The quantitative estimate of drug-likeness (QED) is 0.474. The summed E-state index contributed by atoms with van der Waals surface area (Å²) in [6.07, 6.45) is -1.11. The maximum absolute atomic E-state index is 13.4. The second kappa shape index (κ2) is 11.2. The Hall–Kier alpha value is -3.88. The molecule has 1 aliphatic rings. The predicted molar refractivity (Wildman–Crippen MR) is 139 cm³/mol. The van der Waals surface area contributed by atoms with Gasteiger partial charge in [0.05, 0.1) is 0 Å². The van der Waals surface area contributed by atoms with Gasteiger partial charge in [-0.15, -0.1) is 0 Å². The summed E-state index contributed by atoms with van der Waals surface area (Å²) in [6.45, 7) is 2.99. The molecule has 0 bridgehead atoms. The third-order valence-electron chi connectivity index (χ3n) is 6.02. The zero-order chi connectivity index (χ0) is 25.7. The lowest BCUT2D eigenvalue weighted by molar-refractivity contribution is -0.128. The van der Waals surface area contributed by atoms with Gasteiger partial charge in [-0.1, -0.05) is 53.6 Å². The van der Waals surface area contributed by atoms with Gasteiger partial charge in [-0.05, 0) is 54.4 Å². The minimum Gasteiger partial charge on any atom is -0.349 e. The molecular formula is C27H28ClN5O3. The van der Waals surface area contributed by atoms with E-state index in [4.69, 9.17) is 17.3 Å². The number of nitrogens with zero attached hydrogens (tertiary/aromatic N) is 2. The van der Waals surface area contributed by atoms with Crippen LogP contribution in [0.3, 0.4) is 0 Å². The number of rotatable bonds is 6. The van der Waals surface area contributed by atoms with Crippen molar-refractivity contribution in [3.8, 4) is 0 Å². The molecule has 0 spiro atoms. The van der Waals surface area contributed by atoms with Crippen molar-refractivity contribution in [2.24, 2.45) is 5.73 Å². The minimum absolute atomic E-state index is 0.206. The Kier molecular flexibility index (Phi) is 7.87. The number of hydrogen-bond donors (Lipinski definition) is 3. The van der Waals surface area contributed by atoms with E-state index in [0.29, 0.717) is 22.8 Å². The van der Waals surface area contributed by atoms with Crippen molar-refractivity contribution in [3.05, 3.63) is 100 Å². The number of nitrogens with two attached hydrogens (primary N) is 1. The van der Waals surface area contributed by atoms with Gasteiger partial charge in [0, 0.05) is 42.5 Å². The van der Waals surface area contributed by atoms with Gasteiger partial charge in [-0.2, -0.15) is 0 Å². The van der Waals surface area contributed by atoms with Crippen LogP contribution in [0, 0.1) is 6.92 Å². The third kappa shape index (κ3) is 5.84. The van der Waals surface area contributed by atoms with Gasteiger partial charge in [-0.25, -0.2) is 4.79 Å². The summed E-state index contributed by atoms with van der Waals surface area (Å²) < 4.78 is 0. The fraction of sp³-hybridized carbons (Fsp3) is 0.222. The molecule has 0 aliphatic carbocycles. The van der Waals surface area contributed by atoms with Gasteiger partial charge in [0.2, 0.25) is 0 Å². The summed E-state index contributed by atoms with van der Waals surface area (Å²) in [5, 5.41) is 6.21. The van der Waals surface area contributed by atoms with Gasteiger partial charge in [-0.3, -0.25) is 14.5 Å². The van der Waals surface area contributed by atoms with Gasteiger partial charge in [0.15, 0.2) is 6.17 Å². The smallest absolute Gasteiger partial charge is 0.323 e. The molecule has 3 aromatic carbocycles. The second-order valence-electron chi connectivity index (χ2n) is 8.61. The molecular weight excluding hydrogens is 478 g/mol. The number of halogens is 1. The molecule has 0 radical (unpaired) electrons. The average Bonchev–Trinajstić information content (AvgIpc) is 3.34. The number of carbonyl (C=O) groups is 3. The number of aryl methyl sites for hydroxylation is 1. The topological polar surface area (TPSA) is 108 Å². The lowest BCUT2D eigenvalue weighted by Crippen LogP contribution is -2.54. The van der Waals surface area contributed by atoms with E-state index in [9.17, 15) is 14.4 Å². The molecule has 4 N–H and O–H groups in total. The fourth-order valence-corrected chi connectivity index (χ4v) is 4.20. The van der Waals surface area contributed by atoms with E-state index in [-0.39, 0.29) is 25.5 Å². The molecule has 1 fully saturated rings. The molecule has 9 heteroatoms. The van der Waals surface area contributed by atoms with Crippen LogP contribution in [0.2, 0.25) is 5.02 Å². The van der Waals surface area contributed by atoms with Gasteiger partial charge in [0.1, 0.15) is 0 Å². The maximum atomic E-state index is 13.4. The largest absolute Gasteiger partial charge is 0.349 e. The summed E-state index contributed by atoms with van der Waals surface area (Å²) in [5.74, 6) is -0.764. The highest BCUT2D eigenvalue weighted by Gasteiger charge is 2.43. The van der Waals surface area contributed by atoms with E-state index in [0.717, 1.165) is 16.7 Å². The highest BCUT2D eigenvalue weighted by atomic mass is 35.5. The number of carbonyl (C=O) groups excluding carboxylic acids is 3. The van der Waals surface area contributed by atoms with E-state index < -0.39 is 18.1 Å². The number of nitrogens with one attached hydrogen (secondary N) is 2. The van der Waals surface area contributed by atoms with E-state index in [1.165, 1.54) is 9.80 Å². The molecule has 8 nitrogen and oxygen atoms in total. The van der Waals surface area contributed by atoms with E-state index in [2.05, 4.69) is 10.6 Å². The number of amides is 4. The van der Waals surface area contributed by atoms with Gasteiger partial charge >= 0.3 is 6.03 Å². The molecule has 1 heterocycles. The summed E-state index contributed by atoms with van der Waals surface area (Å²) >= 11 is 5.94. The van der Waals surface area contributed by atoms with Crippen LogP contribution in [0.15, 0.2) is 72.8 Å². The standard InChI is InChI=1S/C27H28ClN5O3/c1-18-5-7-21(8-6-18)26(35)32-13-14-33(27(36)31-23-11-9-22(28)10-12-23)25(32)24(34)30-17-20-4-2-3-19(15-20)16-29/h2-12,15,25H,13-14,16-17,29H2,1H3,(H,30,34)(H,31,36). The fourth-order valence-electron chi connectivity index (χ4n) is 4.07. The monoisotopic (exact) mass is 505 g/mol. The van der Waals surface area contributed by atoms with Crippen LogP contribution < -0.4 is 16.4 Å². The van der Waals surface area contributed by atoms with Crippen LogP contribution in [0.1, 0.15) is 27.0 Å². The number of benzene rings is 3. The molecule has 3 aromatic rings. The van der Waals surface area contributed by atoms with E-state index >= 15 is 0 Å². The van der Waals surface area contributed by atoms with Crippen LogP contribution in [0.5, 0.6) is 0 Å². The molecule has 4 rings (SSSR count). The lowest BCUT2D eigenvalue weighted by atomic mass is 10.1. The zero-order valence-electron chi connectivity index (χ0n) is 19.9. The normalized spacial score (nSPS) is 15.0. The van der Waals surface area contributed by atoms with Crippen molar-refractivity contribution in [2.45, 2.75) is 26.2 Å². The molecule has 1 saturated heterocycles. The first-order chi connectivity index (χ1) is 17.4. The SMILES string of the molecule is Cc1ccc(C(=O)N2CCN(C(=O)Nc3ccc(Cl)cc3)C2C(=O)NCc2cccc(CN)c2)cc1. The molecule has 0 aromatic heterocycles. The van der Waals surface area contributed by atoms with Crippen LogP contribution >= 0.6 is 11.6 Å². The Morgan fingerprint density at radius 2 is 1.61 bits per heavy atom. The predicted octanol–water partition coefficient (Wildman–Crippen LogP) is 3.74. The van der Waals surface area contributed by atoms with Gasteiger partial charge < -0.3 is 21.3 Å². The Morgan fingerprint density at radius 3 is 2.31 bits per heavy atom. The van der Waals surface area contributed by atoms with Crippen molar-refractivity contribution in [3.63, 3.8) is 0 Å². The molecule has 1 aliphatic heterocycles. The molecule has 1 unspecified atom stereocenters. The first-order valence-corrected chi connectivity index (χ1v) is 12.0. The first kappa shape index (κ1) is 25.2.